The number of halogens is 1. The first-order valence-electron chi connectivity index (χ1n) is 2.80. The van der Waals surface area contributed by atoms with Gasteiger partial charge in [-0.2, -0.15) is 0 Å². The van der Waals surface area contributed by atoms with E-state index in [1.807, 2.05) is 22.6 Å². The van der Waals surface area contributed by atoms with E-state index in [2.05, 4.69) is 10.3 Å². The number of hydrogen-bond donors (Lipinski definition) is 2. The average molecular weight is 264 g/mol. The van der Waals surface area contributed by atoms with Gasteiger partial charge in [-0.25, -0.2) is 9.78 Å². The van der Waals surface area contributed by atoms with E-state index in [1.165, 1.54) is 0 Å². The summed E-state index contributed by atoms with van der Waals surface area (Å²) in [6.07, 6.45) is 0.533. The summed E-state index contributed by atoms with van der Waals surface area (Å²) in [5, 5.41) is 10.6. The lowest BCUT2D eigenvalue weighted by atomic mass is 10.4. The zero-order chi connectivity index (χ0) is 8.27. The number of carboxylic acid groups (broad SMARTS) is 1. The number of rotatable bonds is 1. The van der Waals surface area contributed by atoms with Crippen LogP contribution < -0.4 is 5.32 Å². The third kappa shape index (κ3) is 2.34. The van der Waals surface area contributed by atoms with E-state index in [4.69, 9.17) is 5.11 Å². The van der Waals surface area contributed by atoms with Gasteiger partial charge in [0.2, 0.25) is 0 Å². The normalized spacial score (nSPS) is 9.18. The van der Waals surface area contributed by atoms with Crippen molar-refractivity contribution in [2.24, 2.45) is 0 Å². The van der Waals surface area contributed by atoms with E-state index in [9.17, 15) is 4.79 Å². The SMILES string of the molecule is O=C(O)Nc1cccnc1I. The van der Waals surface area contributed by atoms with E-state index in [1.54, 1.807) is 18.3 Å². The Morgan fingerprint density at radius 2 is 2.45 bits per heavy atom. The Kier molecular flexibility index (Phi) is 2.64. The molecule has 0 fully saturated rings. The molecule has 4 nitrogen and oxygen atoms in total. The predicted molar refractivity (Wildman–Crippen MR) is 48.6 cm³/mol. The number of carbonyl (C=O) groups is 1. The maximum Gasteiger partial charge on any atom is 0.409 e. The molecule has 1 heterocycles. The summed E-state index contributed by atoms with van der Waals surface area (Å²) in [5.41, 5.74) is 0.514. The summed E-state index contributed by atoms with van der Waals surface area (Å²) < 4.78 is 0.646. The average Bonchev–Trinajstić information content (AvgIpc) is 1.93. The topological polar surface area (TPSA) is 62.2 Å². The highest BCUT2D eigenvalue weighted by Gasteiger charge is 2.01. The Balaban J connectivity index is 2.86. The second-order valence-corrected chi connectivity index (χ2v) is 2.79. The minimum atomic E-state index is -1.07. The van der Waals surface area contributed by atoms with Gasteiger partial charge >= 0.3 is 6.09 Å². The fourth-order valence-electron chi connectivity index (χ4n) is 0.594. The number of pyridine rings is 1. The van der Waals surface area contributed by atoms with Gasteiger partial charge < -0.3 is 5.11 Å². The van der Waals surface area contributed by atoms with E-state index < -0.39 is 6.09 Å². The molecule has 0 saturated heterocycles. The van der Waals surface area contributed by atoms with Crippen LogP contribution in [0.3, 0.4) is 0 Å². The van der Waals surface area contributed by atoms with Crippen molar-refractivity contribution in [3.8, 4) is 0 Å². The molecule has 1 aromatic heterocycles. The van der Waals surface area contributed by atoms with E-state index in [-0.39, 0.29) is 0 Å². The van der Waals surface area contributed by atoms with Crippen LogP contribution in [0.15, 0.2) is 18.3 Å². The van der Waals surface area contributed by atoms with Gasteiger partial charge in [-0.3, -0.25) is 5.32 Å². The number of aromatic nitrogens is 1. The molecule has 0 aliphatic carbocycles. The lowest BCUT2D eigenvalue weighted by molar-refractivity contribution is 0.209. The fraction of sp³-hybridized carbons (Fsp3) is 0. The van der Waals surface area contributed by atoms with Gasteiger partial charge in [0.25, 0.3) is 0 Å². The summed E-state index contributed by atoms with van der Waals surface area (Å²) in [5.74, 6) is 0. The van der Waals surface area contributed by atoms with Gasteiger partial charge in [-0.15, -0.1) is 0 Å². The molecule has 58 valence electrons. The van der Waals surface area contributed by atoms with Crippen molar-refractivity contribution in [1.82, 2.24) is 4.98 Å². The Hall–Kier alpha value is -0.850. The molecule has 0 spiro atoms. The van der Waals surface area contributed by atoms with Crippen LogP contribution in [-0.2, 0) is 0 Å². The third-order valence-corrected chi connectivity index (χ3v) is 1.86. The molecule has 0 aliphatic heterocycles. The largest absolute Gasteiger partial charge is 0.465 e. The monoisotopic (exact) mass is 264 g/mol. The van der Waals surface area contributed by atoms with Gasteiger partial charge in [-0.1, -0.05) is 0 Å². The predicted octanol–water partition coefficient (Wildman–Crippen LogP) is 1.78. The first-order valence-corrected chi connectivity index (χ1v) is 3.88. The summed E-state index contributed by atoms with van der Waals surface area (Å²) >= 11 is 1.96. The van der Waals surface area contributed by atoms with Crippen LogP contribution >= 0.6 is 22.6 Å². The number of nitrogens with zero attached hydrogens (tertiary/aromatic N) is 1. The Morgan fingerprint density at radius 3 is 3.00 bits per heavy atom. The number of hydrogen-bond acceptors (Lipinski definition) is 2. The zero-order valence-corrected chi connectivity index (χ0v) is 7.57. The van der Waals surface area contributed by atoms with Crippen molar-refractivity contribution in [3.05, 3.63) is 22.0 Å². The quantitative estimate of drug-likeness (QED) is 0.600. The van der Waals surface area contributed by atoms with Crippen molar-refractivity contribution >= 4 is 34.4 Å². The minimum absolute atomic E-state index is 0.514. The summed E-state index contributed by atoms with van der Waals surface area (Å²) in [4.78, 5) is 14.1. The Bertz CT molecular complexity index is 277. The molecular formula is C6H5IN2O2. The first kappa shape index (κ1) is 8.25. The maximum atomic E-state index is 10.2. The molecule has 0 unspecified atom stereocenters. The van der Waals surface area contributed by atoms with Crippen LogP contribution in [0.5, 0.6) is 0 Å². The summed E-state index contributed by atoms with van der Waals surface area (Å²) in [6.45, 7) is 0. The molecule has 0 atom stereocenters. The molecular weight excluding hydrogens is 259 g/mol. The number of amides is 1. The highest BCUT2D eigenvalue weighted by Crippen LogP contribution is 2.13. The highest BCUT2D eigenvalue weighted by atomic mass is 127. The molecule has 2 N–H and O–H groups in total. The minimum Gasteiger partial charge on any atom is -0.465 e. The Labute approximate surface area is 76.8 Å². The lowest BCUT2D eigenvalue weighted by Crippen LogP contribution is -2.08. The summed E-state index contributed by atoms with van der Waals surface area (Å²) in [7, 11) is 0. The molecule has 1 rings (SSSR count). The molecule has 1 amide bonds. The van der Waals surface area contributed by atoms with Gasteiger partial charge in [-0.05, 0) is 34.7 Å². The van der Waals surface area contributed by atoms with Crippen LogP contribution in [0, 0.1) is 3.70 Å². The summed E-state index contributed by atoms with van der Waals surface area (Å²) in [6, 6.07) is 3.33. The molecule has 11 heavy (non-hydrogen) atoms. The number of anilines is 1. The molecule has 0 aromatic carbocycles. The van der Waals surface area contributed by atoms with Crippen molar-refractivity contribution in [2.45, 2.75) is 0 Å². The van der Waals surface area contributed by atoms with Crippen LogP contribution in [0.2, 0.25) is 0 Å². The van der Waals surface area contributed by atoms with E-state index >= 15 is 0 Å². The van der Waals surface area contributed by atoms with Crippen molar-refractivity contribution < 1.29 is 9.90 Å². The molecule has 0 radical (unpaired) electrons. The van der Waals surface area contributed by atoms with E-state index in [0.29, 0.717) is 9.39 Å². The van der Waals surface area contributed by atoms with Crippen LogP contribution in [0.1, 0.15) is 0 Å². The smallest absolute Gasteiger partial charge is 0.409 e. The Morgan fingerprint density at radius 1 is 1.73 bits per heavy atom. The van der Waals surface area contributed by atoms with Crippen LogP contribution in [0.25, 0.3) is 0 Å². The second-order valence-electron chi connectivity index (χ2n) is 1.77. The lowest BCUT2D eigenvalue weighted by Gasteiger charge is -2.00. The maximum absolute atomic E-state index is 10.2. The van der Waals surface area contributed by atoms with Crippen LogP contribution in [0.4, 0.5) is 10.5 Å². The highest BCUT2D eigenvalue weighted by molar-refractivity contribution is 14.1. The molecule has 0 saturated carbocycles. The van der Waals surface area contributed by atoms with Crippen molar-refractivity contribution in [2.75, 3.05) is 5.32 Å². The zero-order valence-electron chi connectivity index (χ0n) is 5.41. The van der Waals surface area contributed by atoms with Crippen LogP contribution in [-0.4, -0.2) is 16.2 Å². The van der Waals surface area contributed by atoms with Gasteiger partial charge in [0.1, 0.15) is 3.70 Å². The molecule has 0 aliphatic rings. The first-order chi connectivity index (χ1) is 5.20. The van der Waals surface area contributed by atoms with Crippen molar-refractivity contribution in [3.63, 3.8) is 0 Å². The second kappa shape index (κ2) is 3.51. The van der Waals surface area contributed by atoms with Gasteiger partial charge in [0.05, 0.1) is 5.69 Å². The molecule has 1 aromatic rings. The molecule has 5 heteroatoms. The van der Waals surface area contributed by atoms with E-state index in [0.717, 1.165) is 0 Å². The fourth-order valence-corrected chi connectivity index (χ4v) is 1.07. The van der Waals surface area contributed by atoms with Crippen molar-refractivity contribution in [1.29, 1.82) is 0 Å². The standard InChI is InChI=1S/C6H5IN2O2/c7-5-4(9-6(10)11)2-1-3-8-5/h1-3,9H,(H,10,11). The van der Waals surface area contributed by atoms with Gasteiger partial charge in [0, 0.05) is 6.20 Å². The molecule has 0 bridgehead atoms. The third-order valence-electron chi connectivity index (χ3n) is 1.00. The number of nitrogens with one attached hydrogen (secondary N) is 1. The van der Waals surface area contributed by atoms with Gasteiger partial charge in [0.15, 0.2) is 0 Å².